The zero-order valence-electron chi connectivity index (χ0n) is 11.3. The first-order valence-electron chi connectivity index (χ1n) is 6.98. The molecule has 1 fully saturated rings. The third-order valence-corrected chi connectivity index (χ3v) is 4.16. The highest BCUT2D eigenvalue weighted by atomic mass is 19.3. The predicted octanol–water partition coefficient (Wildman–Crippen LogP) is 3.58. The number of benzene rings is 1. The fourth-order valence-electron chi connectivity index (χ4n) is 2.86. The highest BCUT2D eigenvalue weighted by Crippen LogP contribution is 2.41. The van der Waals surface area contributed by atoms with Gasteiger partial charge in [0.15, 0.2) is 0 Å². The third-order valence-electron chi connectivity index (χ3n) is 4.16. The molecule has 4 heteroatoms. The molecule has 3 N–H and O–H groups in total. The van der Waals surface area contributed by atoms with Crippen molar-refractivity contribution < 1.29 is 8.78 Å². The van der Waals surface area contributed by atoms with E-state index in [4.69, 9.17) is 5.84 Å². The minimum absolute atomic E-state index is 0.0249. The van der Waals surface area contributed by atoms with E-state index in [1.54, 1.807) is 0 Å². The molecular weight excluding hydrogens is 246 g/mol. The van der Waals surface area contributed by atoms with Crippen molar-refractivity contribution in [1.29, 1.82) is 0 Å². The van der Waals surface area contributed by atoms with Crippen LogP contribution in [0, 0.1) is 5.92 Å². The standard InChI is InChI=1S/C15H22F2N2/c1-2-11-3-5-12(6-4-11)14(19-18)13-7-9-15(16,17)10-8-13/h3-6,13-14,19H,2,7-10,18H2,1H3. The normalized spacial score (nSPS) is 21.3. The summed E-state index contributed by atoms with van der Waals surface area (Å²) in [5.74, 6) is 3.34. The molecule has 0 radical (unpaired) electrons. The molecule has 1 aliphatic rings. The molecule has 2 nitrogen and oxygen atoms in total. The molecule has 2 rings (SSSR count). The molecular formula is C15H22F2N2. The number of hydrazine groups is 1. The van der Waals surface area contributed by atoms with Crippen LogP contribution in [0.5, 0.6) is 0 Å². The molecule has 0 spiro atoms. The summed E-state index contributed by atoms with van der Waals surface area (Å²) in [6.07, 6.45) is 2.00. The van der Waals surface area contributed by atoms with E-state index in [1.165, 1.54) is 5.56 Å². The lowest BCUT2D eigenvalue weighted by atomic mass is 9.80. The van der Waals surface area contributed by atoms with Crippen LogP contribution >= 0.6 is 0 Å². The van der Waals surface area contributed by atoms with Gasteiger partial charge in [0.2, 0.25) is 5.92 Å². The number of hydrogen-bond acceptors (Lipinski definition) is 2. The summed E-state index contributed by atoms with van der Waals surface area (Å²) < 4.78 is 26.4. The van der Waals surface area contributed by atoms with Gasteiger partial charge in [0, 0.05) is 18.9 Å². The van der Waals surface area contributed by atoms with Crippen molar-refractivity contribution in [3.8, 4) is 0 Å². The molecule has 1 aromatic carbocycles. The first-order valence-corrected chi connectivity index (χ1v) is 6.98. The lowest BCUT2D eigenvalue weighted by molar-refractivity contribution is -0.0497. The molecule has 0 heterocycles. The average molecular weight is 268 g/mol. The highest BCUT2D eigenvalue weighted by Gasteiger charge is 2.37. The Balaban J connectivity index is 2.07. The van der Waals surface area contributed by atoms with Gasteiger partial charge in [-0.3, -0.25) is 11.3 Å². The fraction of sp³-hybridized carbons (Fsp3) is 0.600. The average Bonchev–Trinajstić information content (AvgIpc) is 2.42. The van der Waals surface area contributed by atoms with Crippen LogP contribution in [0.1, 0.15) is 49.8 Å². The van der Waals surface area contributed by atoms with E-state index in [-0.39, 0.29) is 24.8 Å². The van der Waals surface area contributed by atoms with Gasteiger partial charge in [-0.05, 0) is 36.3 Å². The van der Waals surface area contributed by atoms with Crippen LogP contribution in [-0.2, 0) is 6.42 Å². The smallest absolute Gasteiger partial charge is 0.248 e. The minimum Gasteiger partial charge on any atom is -0.271 e. The lowest BCUT2D eigenvalue weighted by Crippen LogP contribution is -2.37. The van der Waals surface area contributed by atoms with E-state index >= 15 is 0 Å². The number of hydrogen-bond donors (Lipinski definition) is 2. The molecule has 0 saturated heterocycles. The number of nitrogens with one attached hydrogen (secondary N) is 1. The van der Waals surface area contributed by atoms with Gasteiger partial charge in [0.05, 0.1) is 0 Å². The summed E-state index contributed by atoms with van der Waals surface area (Å²) in [6, 6.07) is 8.24. The second-order valence-corrected chi connectivity index (χ2v) is 5.43. The Morgan fingerprint density at radius 3 is 2.32 bits per heavy atom. The summed E-state index contributed by atoms with van der Waals surface area (Å²) in [4.78, 5) is 0. The molecule has 1 aliphatic carbocycles. The van der Waals surface area contributed by atoms with Gasteiger partial charge >= 0.3 is 0 Å². The largest absolute Gasteiger partial charge is 0.271 e. The highest BCUT2D eigenvalue weighted by molar-refractivity contribution is 5.25. The molecule has 19 heavy (non-hydrogen) atoms. The van der Waals surface area contributed by atoms with Gasteiger partial charge < -0.3 is 0 Å². The summed E-state index contributed by atoms with van der Waals surface area (Å²) in [6.45, 7) is 2.11. The quantitative estimate of drug-likeness (QED) is 0.647. The molecule has 0 amide bonds. The Morgan fingerprint density at radius 2 is 1.84 bits per heavy atom. The van der Waals surface area contributed by atoms with Crippen LogP contribution in [0.4, 0.5) is 8.78 Å². The Kier molecular flexibility index (Phi) is 4.53. The van der Waals surface area contributed by atoms with Crippen LogP contribution in [0.2, 0.25) is 0 Å². The molecule has 1 saturated carbocycles. The first-order chi connectivity index (χ1) is 9.05. The number of aryl methyl sites for hydroxylation is 1. The maximum Gasteiger partial charge on any atom is 0.248 e. The van der Waals surface area contributed by atoms with Gasteiger partial charge in [0.25, 0.3) is 0 Å². The minimum atomic E-state index is -2.48. The van der Waals surface area contributed by atoms with E-state index < -0.39 is 5.92 Å². The van der Waals surface area contributed by atoms with Gasteiger partial charge in [-0.25, -0.2) is 8.78 Å². The summed E-state index contributed by atoms with van der Waals surface area (Å²) >= 11 is 0. The summed E-state index contributed by atoms with van der Waals surface area (Å²) in [5.41, 5.74) is 5.17. The Bertz CT molecular complexity index is 393. The van der Waals surface area contributed by atoms with Crippen molar-refractivity contribution >= 4 is 0 Å². The van der Waals surface area contributed by atoms with Crippen molar-refractivity contribution in [3.05, 3.63) is 35.4 Å². The van der Waals surface area contributed by atoms with Crippen LogP contribution < -0.4 is 11.3 Å². The van der Waals surface area contributed by atoms with Crippen LogP contribution in [0.15, 0.2) is 24.3 Å². The van der Waals surface area contributed by atoms with Crippen molar-refractivity contribution in [3.63, 3.8) is 0 Å². The molecule has 0 aromatic heterocycles. The number of rotatable bonds is 4. The number of alkyl halides is 2. The van der Waals surface area contributed by atoms with E-state index in [1.807, 2.05) is 0 Å². The van der Waals surface area contributed by atoms with Crippen molar-refractivity contribution in [2.24, 2.45) is 11.8 Å². The van der Waals surface area contributed by atoms with Gasteiger partial charge in [-0.2, -0.15) is 0 Å². The van der Waals surface area contributed by atoms with E-state index in [0.717, 1.165) is 12.0 Å². The SMILES string of the molecule is CCc1ccc(C(NN)C2CCC(F)(F)CC2)cc1. The zero-order valence-corrected chi connectivity index (χ0v) is 11.3. The summed E-state index contributed by atoms with van der Waals surface area (Å²) in [7, 11) is 0. The number of nitrogens with two attached hydrogens (primary N) is 1. The van der Waals surface area contributed by atoms with E-state index in [2.05, 4.69) is 36.6 Å². The molecule has 0 bridgehead atoms. The maximum atomic E-state index is 13.2. The molecule has 0 aliphatic heterocycles. The van der Waals surface area contributed by atoms with E-state index in [9.17, 15) is 8.78 Å². The third kappa shape index (κ3) is 3.51. The van der Waals surface area contributed by atoms with E-state index in [0.29, 0.717) is 12.8 Å². The van der Waals surface area contributed by atoms with Crippen LogP contribution in [-0.4, -0.2) is 5.92 Å². The number of halogens is 2. The van der Waals surface area contributed by atoms with Crippen LogP contribution in [0.25, 0.3) is 0 Å². The second kappa shape index (κ2) is 5.97. The Labute approximate surface area is 113 Å². The first kappa shape index (κ1) is 14.4. The van der Waals surface area contributed by atoms with Gasteiger partial charge in [-0.1, -0.05) is 31.2 Å². The van der Waals surface area contributed by atoms with Gasteiger partial charge in [0.1, 0.15) is 0 Å². The zero-order chi connectivity index (χ0) is 13.9. The Morgan fingerprint density at radius 1 is 1.26 bits per heavy atom. The molecule has 1 atom stereocenters. The Hall–Kier alpha value is -1.00. The van der Waals surface area contributed by atoms with Crippen molar-refractivity contribution in [2.75, 3.05) is 0 Å². The monoisotopic (exact) mass is 268 g/mol. The van der Waals surface area contributed by atoms with Gasteiger partial charge in [-0.15, -0.1) is 0 Å². The topological polar surface area (TPSA) is 38.0 Å². The molecule has 106 valence electrons. The maximum absolute atomic E-state index is 13.2. The van der Waals surface area contributed by atoms with Crippen molar-refractivity contribution in [1.82, 2.24) is 5.43 Å². The predicted molar refractivity (Wildman–Crippen MR) is 72.8 cm³/mol. The van der Waals surface area contributed by atoms with Crippen molar-refractivity contribution in [2.45, 2.75) is 51.0 Å². The van der Waals surface area contributed by atoms with Crippen LogP contribution in [0.3, 0.4) is 0 Å². The molecule has 1 aromatic rings. The lowest BCUT2D eigenvalue weighted by Gasteiger charge is -2.33. The summed E-state index contributed by atoms with van der Waals surface area (Å²) in [5, 5.41) is 0. The molecule has 1 unspecified atom stereocenters. The second-order valence-electron chi connectivity index (χ2n) is 5.43. The fourth-order valence-corrected chi connectivity index (χ4v) is 2.86.